The van der Waals surface area contributed by atoms with Gasteiger partial charge < -0.3 is 15.4 Å². The van der Waals surface area contributed by atoms with E-state index in [0.29, 0.717) is 11.6 Å². The molecule has 0 saturated carbocycles. The SMILES string of the molecule is CCCCN1CC(Nc2ccc([C@@H]3c4[nH]c5ccccc5c4C[C@@H](C)N3C[C@@](C)(F)CO)c(F)c2)C1. The second kappa shape index (κ2) is 10.1. The van der Waals surface area contributed by atoms with Crippen LogP contribution in [-0.2, 0) is 6.42 Å². The van der Waals surface area contributed by atoms with Gasteiger partial charge in [0.1, 0.15) is 11.5 Å². The van der Waals surface area contributed by atoms with Gasteiger partial charge in [0.25, 0.3) is 0 Å². The van der Waals surface area contributed by atoms with Crippen LogP contribution in [0, 0.1) is 5.82 Å². The molecule has 0 radical (unpaired) electrons. The van der Waals surface area contributed by atoms with Gasteiger partial charge in [-0.15, -0.1) is 0 Å². The molecule has 5 nitrogen and oxygen atoms in total. The van der Waals surface area contributed by atoms with E-state index in [2.05, 4.69) is 35.1 Å². The van der Waals surface area contributed by atoms with Crippen LogP contribution in [0.3, 0.4) is 0 Å². The first-order valence-corrected chi connectivity index (χ1v) is 13.2. The number of alkyl halides is 1. The predicted octanol–water partition coefficient (Wildman–Crippen LogP) is 5.26. The second-order valence-corrected chi connectivity index (χ2v) is 11.0. The summed E-state index contributed by atoms with van der Waals surface area (Å²) in [6, 6.07) is 13.3. The fraction of sp³-hybridized carbons (Fsp3) is 0.517. The van der Waals surface area contributed by atoms with Gasteiger partial charge in [0.2, 0.25) is 0 Å². The highest BCUT2D eigenvalue weighted by Crippen LogP contribution is 2.42. The Hall–Kier alpha value is -2.48. The van der Waals surface area contributed by atoms with Crippen molar-refractivity contribution in [3.8, 4) is 0 Å². The molecular weight excluding hydrogens is 458 g/mol. The summed E-state index contributed by atoms with van der Waals surface area (Å²) in [5.74, 6) is -0.305. The van der Waals surface area contributed by atoms with Crippen molar-refractivity contribution in [3.63, 3.8) is 0 Å². The zero-order valence-corrected chi connectivity index (χ0v) is 21.5. The molecule has 1 fully saturated rings. The number of nitrogens with one attached hydrogen (secondary N) is 2. The van der Waals surface area contributed by atoms with Crippen LogP contribution in [0.25, 0.3) is 10.9 Å². The molecule has 5 rings (SSSR count). The van der Waals surface area contributed by atoms with Crippen molar-refractivity contribution < 1.29 is 13.9 Å². The number of anilines is 1. The van der Waals surface area contributed by atoms with Gasteiger partial charge in [-0.2, -0.15) is 0 Å². The van der Waals surface area contributed by atoms with E-state index in [1.54, 1.807) is 6.07 Å². The lowest BCUT2D eigenvalue weighted by Crippen LogP contribution is -2.54. The Kier molecular flexibility index (Phi) is 7.07. The molecule has 7 heteroatoms. The predicted molar refractivity (Wildman–Crippen MR) is 142 cm³/mol. The molecule has 2 aliphatic heterocycles. The first-order chi connectivity index (χ1) is 17.3. The van der Waals surface area contributed by atoms with Crippen LogP contribution < -0.4 is 5.32 Å². The molecule has 0 amide bonds. The van der Waals surface area contributed by atoms with E-state index in [0.717, 1.165) is 53.9 Å². The number of aliphatic hydroxyl groups is 1. The smallest absolute Gasteiger partial charge is 0.143 e. The van der Waals surface area contributed by atoms with Crippen LogP contribution in [0.5, 0.6) is 0 Å². The number of benzene rings is 2. The minimum atomic E-state index is -1.79. The summed E-state index contributed by atoms with van der Waals surface area (Å²) >= 11 is 0. The van der Waals surface area contributed by atoms with E-state index in [1.165, 1.54) is 19.8 Å². The lowest BCUT2D eigenvalue weighted by molar-refractivity contribution is 0.0169. The minimum absolute atomic E-state index is 0.0131. The Bertz CT molecular complexity index is 1200. The van der Waals surface area contributed by atoms with Crippen LogP contribution >= 0.6 is 0 Å². The summed E-state index contributed by atoms with van der Waals surface area (Å²) in [7, 11) is 0. The van der Waals surface area contributed by atoms with Gasteiger partial charge in [-0.3, -0.25) is 9.80 Å². The van der Waals surface area contributed by atoms with Gasteiger partial charge in [0.15, 0.2) is 0 Å². The number of likely N-dealkylation sites (tertiary alicyclic amines) is 1. The number of fused-ring (bicyclic) bond motifs is 3. The highest BCUT2D eigenvalue weighted by atomic mass is 19.1. The average Bonchev–Trinajstić information content (AvgIpc) is 3.19. The van der Waals surface area contributed by atoms with Crippen LogP contribution in [0.2, 0.25) is 0 Å². The molecule has 0 unspecified atom stereocenters. The topological polar surface area (TPSA) is 54.5 Å². The standard InChI is InChI=1S/C29H38F2N4O/c1-4-5-12-34-15-21(16-34)32-20-10-11-23(25(30)14-20)28-27-24(22-8-6-7-9-26(22)33-27)13-19(2)35(28)17-29(3,31)18-36/h6-11,14,19,21,28,32-33,36H,4-5,12-13,15-18H2,1-3H3/t19-,28-,29-/m1/s1. The number of aliphatic hydroxyl groups excluding tert-OH is 1. The number of aromatic amines is 1. The maximum absolute atomic E-state index is 15.8. The number of para-hydroxylation sites is 1. The molecule has 0 bridgehead atoms. The van der Waals surface area contributed by atoms with Gasteiger partial charge >= 0.3 is 0 Å². The number of hydrogen-bond acceptors (Lipinski definition) is 4. The van der Waals surface area contributed by atoms with Crippen molar-refractivity contribution in [1.82, 2.24) is 14.8 Å². The zero-order valence-electron chi connectivity index (χ0n) is 21.5. The first kappa shape index (κ1) is 25.2. The molecule has 0 aliphatic carbocycles. The minimum Gasteiger partial charge on any atom is -0.393 e. The molecule has 1 aromatic heterocycles. The van der Waals surface area contributed by atoms with E-state index in [1.807, 2.05) is 35.2 Å². The van der Waals surface area contributed by atoms with Crippen LogP contribution in [0.4, 0.5) is 14.5 Å². The van der Waals surface area contributed by atoms with Crippen molar-refractivity contribution in [3.05, 3.63) is 65.1 Å². The third-order valence-corrected chi connectivity index (χ3v) is 7.81. The van der Waals surface area contributed by atoms with E-state index >= 15 is 8.78 Å². The lowest BCUT2D eigenvalue weighted by Gasteiger charge is -2.43. The Morgan fingerprint density at radius 3 is 2.69 bits per heavy atom. The van der Waals surface area contributed by atoms with Gasteiger partial charge in [0.05, 0.1) is 18.7 Å². The molecule has 3 N–H and O–H groups in total. The Labute approximate surface area is 212 Å². The van der Waals surface area contributed by atoms with Crippen molar-refractivity contribution >= 4 is 16.6 Å². The van der Waals surface area contributed by atoms with Gasteiger partial charge in [-0.1, -0.05) is 37.6 Å². The quantitative estimate of drug-likeness (QED) is 0.378. The van der Waals surface area contributed by atoms with Crippen LogP contribution in [0.1, 0.15) is 56.5 Å². The molecule has 2 aromatic carbocycles. The van der Waals surface area contributed by atoms with Crippen LogP contribution in [-0.4, -0.2) is 70.4 Å². The lowest BCUT2D eigenvalue weighted by atomic mass is 9.87. The number of halogens is 2. The highest BCUT2D eigenvalue weighted by Gasteiger charge is 2.40. The third kappa shape index (κ3) is 4.89. The largest absolute Gasteiger partial charge is 0.393 e. The number of rotatable bonds is 9. The van der Waals surface area contributed by atoms with Gasteiger partial charge in [0, 0.05) is 53.5 Å². The number of aromatic nitrogens is 1. The molecule has 3 heterocycles. The van der Waals surface area contributed by atoms with E-state index in [4.69, 9.17) is 0 Å². The fourth-order valence-electron chi connectivity index (χ4n) is 5.82. The summed E-state index contributed by atoms with van der Waals surface area (Å²) in [6.45, 7) is 8.17. The molecule has 0 spiro atoms. The second-order valence-electron chi connectivity index (χ2n) is 11.0. The van der Waals surface area contributed by atoms with E-state index < -0.39 is 18.3 Å². The normalized spacial score (nSPS) is 22.8. The van der Waals surface area contributed by atoms with Crippen molar-refractivity contribution in [2.45, 2.75) is 63.8 Å². The maximum Gasteiger partial charge on any atom is 0.143 e. The molecule has 1 saturated heterocycles. The first-order valence-electron chi connectivity index (χ1n) is 13.2. The molecular formula is C29H38F2N4O. The summed E-state index contributed by atoms with van der Waals surface area (Å²) < 4.78 is 30.9. The maximum atomic E-state index is 15.8. The Morgan fingerprint density at radius 2 is 1.97 bits per heavy atom. The summed E-state index contributed by atoms with van der Waals surface area (Å²) in [4.78, 5) is 7.93. The van der Waals surface area contributed by atoms with E-state index in [9.17, 15) is 5.11 Å². The number of unbranched alkanes of at least 4 members (excludes halogenated alkanes) is 1. The zero-order chi connectivity index (χ0) is 25.4. The van der Waals surface area contributed by atoms with E-state index in [-0.39, 0.29) is 18.4 Å². The number of H-pyrrole nitrogens is 1. The molecule has 3 aromatic rings. The summed E-state index contributed by atoms with van der Waals surface area (Å²) in [6.07, 6.45) is 3.13. The van der Waals surface area contributed by atoms with Crippen LogP contribution in [0.15, 0.2) is 42.5 Å². The van der Waals surface area contributed by atoms with Crippen molar-refractivity contribution in [1.29, 1.82) is 0 Å². The fourth-order valence-corrected chi connectivity index (χ4v) is 5.82. The Balaban J connectivity index is 1.46. The monoisotopic (exact) mass is 496 g/mol. The number of nitrogens with zero attached hydrogens (tertiary/aromatic N) is 2. The molecule has 3 atom stereocenters. The van der Waals surface area contributed by atoms with Crippen molar-refractivity contribution in [2.24, 2.45) is 0 Å². The highest BCUT2D eigenvalue weighted by molar-refractivity contribution is 5.85. The number of hydrogen-bond donors (Lipinski definition) is 3. The van der Waals surface area contributed by atoms with Crippen molar-refractivity contribution in [2.75, 3.05) is 38.1 Å². The van der Waals surface area contributed by atoms with Gasteiger partial charge in [-0.25, -0.2) is 8.78 Å². The summed E-state index contributed by atoms with van der Waals surface area (Å²) in [5, 5.41) is 14.2. The average molecular weight is 497 g/mol. The summed E-state index contributed by atoms with van der Waals surface area (Å²) in [5.41, 5.74) is 2.58. The Morgan fingerprint density at radius 1 is 1.19 bits per heavy atom. The molecule has 194 valence electrons. The molecule has 2 aliphatic rings. The molecule has 36 heavy (non-hydrogen) atoms. The van der Waals surface area contributed by atoms with Gasteiger partial charge in [-0.05, 0) is 57.0 Å². The third-order valence-electron chi connectivity index (χ3n) is 7.81.